The molecule has 4 aromatic heterocycles. The fourth-order valence-corrected chi connectivity index (χ4v) is 4.53. The Labute approximate surface area is 188 Å². The quantitative estimate of drug-likeness (QED) is 0.480. The molecule has 10 heteroatoms. The van der Waals surface area contributed by atoms with Crippen LogP contribution in [0.2, 0.25) is 0 Å². The van der Waals surface area contributed by atoms with E-state index >= 15 is 0 Å². The Hall–Kier alpha value is -4.44. The van der Waals surface area contributed by atoms with Crippen LogP contribution in [-0.4, -0.2) is 47.6 Å². The van der Waals surface area contributed by atoms with Crippen LogP contribution < -0.4 is 5.69 Å². The fraction of sp³-hybridized carbons (Fsp3) is 0.304. The Morgan fingerprint density at radius 2 is 2.09 bits per heavy atom. The molecular formula is C23H20N8O2. The van der Waals surface area contributed by atoms with Crippen LogP contribution in [0.1, 0.15) is 30.9 Å². The van der Waals surface area contributed by atoms with Gasteiger partial charge in [-0.2, -0.15) is 15.6 Å². The molecule has 0 N–H and O–H groups in total. The van der Waals surface area contributed by atoms with Crippen LogP contribution in [0.15, 0.2) is 41.5 Å². The number of hydrogen-bond donors (Lipinski definition) is 0. The minimum atomic E-state index is -0.227. The summed E-state index contributed by atoms with van der Waals surface area (Å²) in [6.07, 6.45) is 4.74. The maximum Gasteiger partial charge on any atom is 0.330 e. The highest BCUT2D eigenvalue weighted by molar-refractivity contribution is 5.83. The zero-order valence-electron chi connectivity index (χ0n) is 18.0. The lowest BCUT2D eigenvalue weighted by Crippen LogP contribution is -2.42. The summed E-state index contributed by atoms with van der Waals surface area (Å²) in [6, 6.07) is 11.0. The molecule has 5 rings (SSSR count). The first-order valence-electron chi connectivity index (χ1n) is 10.6. The van der Waals surface area contributed by atoms with Crippen LogP contribution >= 0.6 is 0 Å². The Morgan fingerprint density at radius 3 is 2.88 bits per heavy atom. The Morgan fingerprint density at radius 1 is 1.24 bits per heavy atom. The van der Waals surface area contributed by atoms with E-state index < -0.39 is 0 Å². The lowest BCUT2D eigenvalue weighted by molar-refractivity contribution is -0.131. The van der Waals surface area contributed by atoms with Crippen molar-refractivity contribution in [2.75, 3.05) is 13.1 Å². The van der Waals surface area contributed by atoms with E-state index in [1.54, 1.807) is 50.1 Å². The number of likely N-dealkylation sites (tertiary alicyclic amines) is 1. The van der Waals surface area contributed by atoms with Crippen LogP contribution in [0.3, 0.4) is 0 Å². The molecule has 0 radical (unpaired) electrons. The second-order valence-electron chi connectivity index (χ2n) is 8.14. The van der Waals surface area contributed by atoms with E-state index in [0.29, 0.717) is 35.5 Å². The summed E-state index contributed by atoms with van der Waals surface area (Å²) in [6.45, 7) is 0.951. The third-order valence-electron chi connectivity index (χ3n) is 6.21. The minimum absolute atomic E-state index is 0.168. The number of piperidine rings is 1. The molecule has 1 aliphatic heterocycles. The smallest absolute Gasteiger partial charge is 0.330 e. The van der Waals surface area contributed by atoms with Crippen LogP contribution in [0.5, 0.6) is 0 Å². The van der Waals surface area contributed by atoms with E-state index in [9.17, 15) is 14.9 Å². The zero-order chi connectivity index (χ0) is 23.1. The molecule has 0 aliphatic carbocycles. The Balaban J connectivity index is 1.62. The summed E-state index contributed by atoms with van der Waals surface area (Å²) in [7, 11) is 1.71. The summed E-state index contributed by atoms with van der Waals surface area (Å²) in [5, 5.41) is 22.5. The number of fused-ring (bicyclic) bond motifs is 2. The van der Waals surface area contributed by atoms with Crippen molar-refractivity contribution in [3.8, 4) is 23.4 Å². The number of carbonyl (C=O) groups is 1. The second-order valence-corrected chi connectivity index (χ2v) is 8.14. The molecule has 0 unspecified atom stereocenters. The van der Waals surface area contributed by atoms with Gasteiger partial charge in [-0.1, -0.05) is 0 Å². The van der Waals surface area contributed by atoms with Gasteiger partial charge in [-0.3, -0.25) is 13.9 Å². The van der Waals surface area contributed by atoms with Crippen molar-refractivity contribution in [3.05, 3.63) is 52.7 Å². The van der Waals surface area contributed by atoms with Crippen molar-refractivity contribution in [1.29, 1.82) is 10.5 Å². The summed E-state index contributed by atoms with van der Waals surface area (Å²) in [5.74, 6) is -0.219. The van der Waals surface area contributed by atoms with Crippen molar-refractivity contribution < 1.29 is 4.79 Å². The third kappa shape index (κ3) is 3.33. The van der Waals surface area contributed by atoms with Gasteiger partial charge in [0.1, 0.15) is 6.42 Å². The number of carbonyl (C=O) groups excluding carboxylic acids is 1. The maximum absolute atomic E-state index is 13.2. The molecule has 33 heavy (non-hydrogen) atoms. The van der Waals surface area contributed by atoms with Gasteiger partial charge in [-0.25, -0.2) is 14.3 Å². The third-order valence-corrected chi connectivity index (χ3v) is 6.21. The van der Waals surface area contributed by atoms with E-state index in [1.165, 1.54) is 0 Å². The first-order chi connectivity index (χ1) is 16.0. The maximum atomic E-state index is 13.2. The van der Waals surface area contributed by atoms with Crippen LogP contribution in [0, 0.1) is 22.7 Å². The predicted octanol–water partition coefficient (Wildman–Crippen LogP) is 2.00. The highest BCUT2D eigenvalue weighted by atomic mass is 16.2. The number of aryl methyl sites for hydroxylation is 1. The fourth-order valence-electron chi connectivity index (χ4n) is 4.53. The molecule has 1 saturated heterocycles. The molecule has 10 nitrogen and oxygen atoms in total. The van der Waals surface area contributed by atoms with Gasteiger partial charge < -0.3 is 4.90 Å². The lowest BCUT2D eigenvalue weighted by atomic mass is 10.0. The van der Waals surface area contributed by atoms with Gasteiger partial charge in [0.05, 0.1) is 46.7 Å². The van der Waals surface area contributed by atoms with Gasteiger partial charge in [0.2, 0.25) is 5.91 Å². The predicted molar refractivity (Wildman–Crippen MR) is 119 cm³/mol. The molecular weight excluding hydrogens is 420 g/mol. The summed E-state index contributed by atoms with van der Waals surface area (Å²) >= 11 is 0. The number of rotatable bonds is 3. The van der Waals surface area contributed by atoms with Crippen molar-refractivity contribution in [2.24, 2.45) is 7.05 Å². The van der Waals surface area contributed by atoms with Crippen LogP contribution in [0.4, 0.5) is 0 Å². The van der Waals surface area contributed by atoms with E-state index in [4.69, 9.17) is 10.2 Å². The number of imidazole rings is 1. The van der Waals surface area contributed by atoms with Crippen molar-refractivity contribution in [2.45, 2.75) is 25.3 Å². The normalized spacial score (nSPS) is 16.1. The molecule has 0 bridgehead atoms. The number of nitriles is 2. The van der Waals surface area contributed by atoms with Crippen LogP contribution in [0.25, 0.3) is 27.9 Å². The SMILES string of the molecule is Cn1c(=O)n([C@H]2CCCN(C(=O)CC#N)C2)c2nc(-c3cnn4ccc(C#N)cc34)ccc21. The standard InChI is InChI=1S/C23H20N8O2/c1-28-19-5-4-18(17-13-26-30-10-7-15(12-25)11-20(17)30)27-22(19)31(23(28)33)16-3-2-9-29(14-16)21(32)6-8-24/h4-5,7,10-11,13,16H,2-3,6,9,14H2,1H3/t16-/m0/s1. The highest BCUT2D eigenvalue weighted by Crippen LogP contribution is 2.28. The minimum Gasteiger partial charge on any atom is -0.340 e. The van der Waals surface area contributed by atoms with E-state index in [-0.39, 0.29) is 24.1 Å². The first-order valence-corrected chi connectivity index (χ1v) is 10.6. The van der Waals surface area contributed by atoms with E-state index in [0.717, 1.165) is 23.9 Å². The molecule has 5 heterocycles. The molecule has 4 aromatic rings. The lowest BCUT2D eigenvalue weighted by Gasteiger charge is -2.32. The van der Waals surface area contributed by atoms with Gasteiger partial charge in [0.15, 0.2) is 5.65 Å². The number of nitrogens with zero attached hydrogens (tertiary/aromatic N) is 8. The zero-order valence-corrected chi connectivity index (χ0v) is 18.0. The summed E-state index contributed by atoms with van der Waals surface area (Å²) < 4.78 is 4.91. The van der Waals surface area contributed by atoms with Gasteiger partial charge >= 0.3 is 5.69 Å². The topological polar surface area (TPSA) is 125 Å². The van der Waals surface area contributed by atoms with Crippen molar-refractivity contribution >= 4 is 22.6 Å². The van der Waals surface area contributed by atoms with Gasteiger partial charge in [0, 0.05) is 31.9 Å². The molecule has 0 spiro atoms. The average molecular weight is 440 g/mol. The van der Waals surface area contributed by atoms with Crippen LogP contribution in [-0.2, 0) is 11.8 Å². The molecule has 0 saturated carbocycles. The molecule has 1 aliphatic rings. The van der Waals surface area contributed by atoms with Gasteiger partial charge in [0.25, 0.3) is 0 Å². The van der Waals surface area contributed by atoms with Crippen molar-refractivity contribution in [1.82, 2.24) is 28.6 Å². The van der Waals surface area contributed by atoms with Crippen molar-refractivity contribution in [3.63, 3.8) is 0 Å². The van der Waals surface area contributed by atoms with E-state index in [2.05, 4.69) is 11.2 Å². The largest absolute Gasteiger partial charge is 0.340 e. The number of pyridine rings is 2. The second kappa shape index (κ2) is 7.92. The molecule has 1 fully saturated rings. The molecule has 0 aromatic carbocycles. The first kappa shape index (κ1) is 20.5. The summed E-state index contributed by atoms with van der Waals surface area (Å²) in [5.41, 5.74) is 3.70. The van der Waals surface area contributed by atoms with E-state index in [1.807, 2.05) is 18.2 Å². The monoisotopic (exact) mass is 440 g/mol. The Kier molecular flexibility index (Phi) is 4.91. The number of amides is 1. The average Bonchev–Trinajstić information content (AvgIpc) is 3.37. The van der Waals surface area contributed by atoms with Gasteiger partial charge in [-0.15, -0.1) is 0 Å². The number of aromatic nitrogens is 5. The Bertz CT molecular complexity index is 1540. The highest BCUT2D eigenvalue weighted by Gasteiger charge is 2.28. The molecule has 164 valence electrons. The number of hydrogen-bond acceptors (Lipinski definition) is 6. The molecule has 1 amide bonds. The molecule has 1 atom stereocenters. The summed E-state index contributed by atoms with van der Waals surface area (Å²) in [4.78, 5) is 31.9. The van der Waals surface area contributed by atoms with Gasteiger partial charge in [-0.05, 0) is 37.1 Å².